The van der Waals surface area contributed by atoms with Crippen molar-refractivity contribution in [2.24, 2.45) is 10.2 Å². The Kier molecular flexibility index (Phi) is 6.79. The molecule has 0 bridgehead atoms. The second-order valence-electron chi connectivity index (χ2n) is 6.98. The van der Waals surface area contributed by atoms with Crippen molar-refractivity contribution in [3.05, 3.63) is 65.5 Å². The van der Waals surface area contributed by atoms with Gasteiger partial charge in [-0.25, -0.2) is 23.1 Å². The number of sulfonamides is 1. The zero-order valence-electron chi connectivity index (χ0n) is 17.3. The first-order valence-electron chi connectivity index (χ1n) is 9.53. The van der Waals surface area contributed by atoms with Crippen LogP contribution >= 0.6 is 0 Å². The second-order valence-corrected chi connectivity index (χ2v) is 8.66. The average molecular weight is 455 g/mol. The molecule has 0 amide bonds. The normalized spacial score (nSPS) is 11.6. The van der Waals surface area contributed by atoms with Crippen LogP contribution in [0.2, 0.25) is 0 Å². The van der Waals surface area contributed by atoms with Crippen LogP contribution in [0.4, 0.5) is 17.3 Å². The first-order valence-corrected chi connectivity index (χ1v) is 11.0. The number of aromatic nitrogens is 2. The Balaban J connectivity index is 1.73. The summed E-state index contributed by atoms with van der Waals surface area (Å²) in [4.78, 5) is 18.9. The van der Waals surface area contributed by atoms with Crippen molar-refractivity contribution in [1.82, 2.24) is 9.97 Å². The van der Waals surface area contributed by atoms with E-state index in [0.29, 0.717) is 28.3 Å². The number of azo groups is 1. The van der Waals surface area contributed by atoms with Gasteiger partial charge in [0, 0.05) is 17.8 Å². The van der Waals surface area contributed by atoms with E-state index in [1.807, 2.05) is 0 Å². The molecule has 32 heavy (non-hydrogen) atoms. The molecule has 3 rings (SSSR count). The van der Waals surface area contributed by atoms with E-state index in [1.54, 1.807) is 26.0 Å². The number of carboxylic acid groups (broad SMARTS) is 1. The molecule has 1 heterocycles. The molecule has 0 aliphatic rings. The summed E-state index contributed by atoms with van der Waals surface area (Å²) in [5.41, 5.74) is 2.57. The van der Waals surface area contributed by atoms with Gasteiger partial charge >= 0.3 is 5.97 Å². The summed E-state index contributed by atoms with van der Waals surface area (Å²) in [5.74, 6) is -0.984. The lowest BCUT2D eigenvalue weighted by Gasteiger charge is -2.08. The van der Waals surface area contributed by atoms with Gasteiger partial charge < -0.3 is 10.2 Å². The molecule has 0 unspecified atom stereocenters. The van der Waals surface area contributed by atoms with Crippen molar-refractivity contribution in [2.45, 2.75) is 31.6 Å². The maximum absolute atomic E-state index is 12.6. The zero-order chi connectivity index (χ0) is 23.3. The van der Waals surface area contributed by atoms with E-state index in [9.17, 15) is 18.3 Å². The monoisotopic (exact) mass is 455 g/mol. The number of anilines is 1. The fourth-order valence-corrected chi connectivity index (χ4v) is 3.78. The smallest absolute Gasteiger partial charge is 0.303 e. The number of aliphatic carboxylic acids is 1. The highest BCUT2D eigenvalue weighted by molar-refractivity contribution is 7.92. The molecule has 11 heteroatoms. The third kappa shape index (κ3) is 6.08. The third-order valence-electron chi connectivity index (χ3n) is 4.31. The number of nitrogens with one attached hydrogen (secondary N) is 1. The van der Waals surface area contributed by atoms with Gasteiger partial charge in [-0.15, -0.1) is 0 Å². The molecular weight excluding hydrogens is 434 g/mol. The molecule has 0 saturated carbocycles. The minimum atomic E-state index is -3.88. The number of phenols is 1. The maximum atomic E-state index is 12.6. The molecule has 0 aliphatic heterocycles. The molecule has 10 nitrogen and oxygen atoms in total. The summed E-state index contributed by atoms with van der Waals surface area (Å²) in [5, 5.41) is 26.8. The molecule has 166 valence electrons. The first kappa shape index (κ1) is 22.8. The summed E-state index contributed by atoms with van der Waals surface area (Å²) in [7, 11) is -3.88. The second kappa shape index (κ2) is 9.52. The van der Waals surface area contributed by atoms with Crippen LogP contribution < -0.4 is 4.72 Å². The Hall–Kier alpha value is -3.86. The van der Waals surface area contributed by atoms with Gasteiger partial charge in [0.05, 0.1) is 16.3 Å². The molecule has 3 N–H and O–H groups in total. The maximum Gasteiger partial charge on any atom is 0.303 e. The van der Waals surface area contributed by atoms with Gasteiger partial charge in [-0.1, -0.05) is 0 Å². The molecule has 0 spiro atoms. The molecule has 2 aromatic carbocycles. The van der Waals surface area contributed by atoms with Gasteiger partial charge in [-0.3, -0.25) is 4.79 Å². The molecule has 1 aromatic heterocycles. The van der Waals surface area contributed by atoms with Gasteiger partial charge in [0.1, 0.15) is 5.75 Å². The lowest BCUT2D eigenvalue weighted by Crippen LogP contribution is -2.15. The Bertz CT molecular complexity index is 1250. The van der Waals surface area contributed by atoms with E-state index in [-0.39, 0.29) is 29.4 Å². The number of carbonyl (C=O) groups is 1. The first-order chi connectivity index (χ1) is 15.1. The fourth-order valence-electron chi connectivity index (χ4n) is 2.83. The molecule has 0 atom stereocenters. The van der Waals surface area contributed by atoms with Gasteiger partial charge in [-0.05, 0) is 74.4 Å². The van der Waals surface area contributed by atoms with E-state index in [1.165, 1.54) is 36.4 Å². The highest BCUT2D eigenvalue weighted by Crippen LogP contribution is 2.26. The number of carboxylic acids is 1. The molecule has 0 saturated heterocycles. The highest BCUT2D eigenvalue weighted by Gasteiger charge is 2.16. The lowest BCUT2D eigenvalue weighted by atomic mass is 10.1. The molecule has 3 aromatic rings. The van der Waals surface area contributed by atoms with E-state index in [2.05, 4.69) is 24.9 Å². The number of aryl methyl sites for hydroxylation is 3. The largest absolute Gasteiger partial charge is 0.508 e. The van der Waals surface area contributed by atoms with Gasteiger partial charge in [0.25, 0.3) is 10.0 Å². The topological polar surface area (TPSA) is 154 Å². The Morgan fingerprint density at radius 1 is 0.969 bits per heavy atom. The highest BCUT2D eigenvalue weighted by atomic mass is 32.2. The van der Waals surface area contributed by atoms with Crippen molar-refractivity contribution in [2.75, 3.05) is 4.72 Å². The van der Waals surface area contributed by atoms with Gasteiger partial charge in [0.2, 0.25) is 5.95 Å². The average Bonchev–Trinajstić information content (AvgIpc) is 2.71. The van der Waals surface area contributed by atoms with Crippen molar-refractivity contribution in [3.63, 3.8) is 0 Å². The van der Waals surface area contributed by atoms with Crippen LogP contribution in [0.15, 0.2) is 63.7 Å². The van der Waals surface area contributed by atoms with Crippen LogP contribution in [0.5, 0.6) is 5.75 Å². The number of hydrogen-bond donors (Lipinski definition) is 3. The summed E-state index contributed by atoms with van der Waals surface area (Å²) in [6, 6.07) is 12.0. The quantitative estimate of drug-likeness (QED) is 0.433. The predicted molar refractivity (Wildman–Crippen MR) is 117 cm³/mol. The van der Waals surface area contributed by atoms with Crippen molar-refractivity contribution in [3.8, 4) is 5.75 Å². The summed E-state index contributed by atoms with van der Waals surface area (Å²) >= 11 is 0. The van der Waals surface area contributed by atoms with Crippen LogP contribution in [0.25, 0.3) is 0 Å². The van der Waals surface area contributed by atoms with Crippen molar-refractivity contribution in [1.29, 1.82) is 0 Å². The summed E-state index contributed by atoms with van der Waals surface area (Å²) in [6.07, 6.45) is 0.0412. The van der Waals surface area contributed by atoms with Gasteiger partial charge in [-0.2, -0.15) is 10.2 Å². The number of benzene rings is 2. The minimum Gasteiger partial charge on any atom is -0.508 e. The molecule has 0 radical (unpaired) electrons. The Labute approximate surface area is 184 Å². The Morgan fingerprint density at radius 3 is 2.19 bits per heavy atom. The number of rotatable bonds is 8. The molecule has 0 fully saturated rings. The Morgan fingerprint density at radius 2 is 1.56 bits per heavy atom. The predicted octanol–water partition coefficient (Wildman–Crippen LogP) is 4.03. The van der Waals surface area contributed by atoms with Crippen LogP contribution in [0.1, 0.15) is 23.4 Å². The summed E-state index contributed by atoms with van der Waals surface area (Å²) < 4.78 is 27.5. The third-order valence-corrected chi connectivity index (χ3v) is 5.65. The van der Waals surface area contributed by atoms with E-state index >= 15 is 0 Å². The van der Waals surface area contributed by atoms with E-state index in [0.717, 1.165) is 0 Å². The SMILES string of the molecule is Cc1cc(C)nc(NS(=O)(=O)c2ccc(/N=N/c3ccc(O)c(CCC(=O)O)c3)cc2)n1. The van der Waals surface area contributed by atoms with Crippen molar-refractivity contribution < 1.29 is 23.4 Å². The fraction of sp³-hybridized carbons (Fsp3) is 0.190. The number of hydrogen-bond acceptors (Lipinski definition) is 8. The van der Waals surface area contributed by atoms with Gasteiger partial charge in [0.15, 0.2) is 0 Å². The van der Waals surface area contributed by atoms with Crippen LogP contribution in [-0.2, 0) is 21.2 Å². The zero-order valence-corrected chi connectivity index (χ0v) is 18.2. The minimum absolute atomic E-state index is 0.00250. The number of nitrogens with zero attached hydrogens (tertiary/aromatic N) is 4. The molecular formula is C21H21N5O5S. The number of phenolic OH excluding ortho intramolecular Hbond substituents is 1. The lowest BCUT2D eigenvalue weighted by molar-refractivity contribution is -0.136. The van der Waals surface area contributed by atoms with Crippen LogP contribution in [0, 0.1) is 13.8 Å². The van der Waals surface area contributed by atoms with Crippen LogP contribution in [0.3, 0.4) is 0 Å². The van der Waals surface area contributed by atoms with E-state index < -0.39 is 16.0 Å². The standard InChI is InChI=1S/C21H21N5O5S/c1-13-11-14(2)23-21(22-13)26-32(30,31)18-7-4-16(5-8-18)24-25-17-6-9-19(27)15(12-17)3-10-20(28)29/h4-9,11-12,27H,3,10H2,1-2H3,(H,28,29)(H,22,23,26)/b25-24+. The van der Waals surface area contributed by atoms with E-state index in [4.69, 9.17) is 5.11 Å². The summed E-state index contributed by atoms with van der Waals surface area (Å²) in [6.45, 7) is 3.49. The van der Waals surface area contributed by atoms with Crippen molar-refractivity contribution >= 4 is 33.3 Å². The van der Waals surface area contributed by atoms with Crippen LogP contribution in [-0.4, -0.2) is 34.6 Å². The number of aromatic hydroxyl groups is 1. The molecule has 0 aliphatic carbocycles.